The van der Waals surface area contributed by atoms with E-state index in [1.54, 1.807) is 12.1 Å². The monoisotopic (exact) mass is 352 g/mol. The molecule has 7 heteroatoms. The second kappa shape index (κ2) is 10.3. The molecule has 3 atom stereocenters. The topological polar surface area (TPSA) is 88.2 Å². The largest absolute Gasteiger partial charge is 0.491 e. The molecule has 6 nitrogen and oxygen atoms in total. The van der Waals surface area contributed by atoms with E-state index in [9.17, 15) is 9.60 Å². The second-order valence-electron chi connectivity index (χ2n) is 5.94. The van der Waals surface area contributed by atoms with Crippen LogP contribution in [0.15, 0.2) is 24.3 Å². The standard InChI is InChI=1S/C18H25FN2O4/c19-14-8-10-15(11-9-14)24-13-17-7-2-1-5-16(25-17)6-3-4-12-21(23)18(20)22/h8-11,16-18,22-23H,1-2,4-5,7,12-13,20H2/t16-,17-,18?/m0/s1. The van der Waals surface area contributed by atoms with Gasteiger partial charge in [0.1, 0.15) is 24.3 Å². The number of rotatable bonds is 6. The van der Waals surface area contributed by atoms with E-state index < -0.39 is 6.35 Å². The molecule has 0 amide bonds. The van der Waals surface area contributed by atoms with E-state index in [1.807, 2.05) is 0 Å². The molecule has 138 valence electrons. The highest BCUT2D eigenvalue weighted by molar-refractivity contribution is 5.22. The van der Waals surface area contributed by atoms with Crippen molar-refractivity contribution in [3.8, 4) is 17.6 Å². The Morgan fingerprint density at radius 2 is 2.04 bits per heavy atom. The van der Waals surface area contributed by atoms with E-state index in [1.165, 1.54) is 12.1 Å². The fraction of sp³-hybridized carbons (Fsp3) is 0.556. The summed E-state index contributed by atoms with van der Waals surface area (Å²) >= 11 is 0. The number of ether oxygens (including phenoxy) is 2. The Bertz CT molecular complexity index is 571. The summed E-state index contributed by atoms with van der Waals surface area (Å²) in [6.45, 7) is 0.558. The molecule has 4 N–H and O–H groups in total. The average Bonchev–Trinajstić information content (AvgIpc) is 2.83. The van der Waals surface area contributed by atoms with Crippen LogP contribution in [0.2, 0.25) is 0 Å². The van der Waals surface area contributed by atoms with Crippen LogP contribution in [-0.2, 0) is 4.74 Å². The maximum atomic E-state index is 12.9. The minimum atomic E-state index is -1.40. The van der Waals surface area contributed by atoms with Crippen molar-refractivity contribution in [2.75, 3.05) is 13.2 Å². The van der Waals surface area contributed by atoms with Crippen LogP contribution in [0.4, 0.5) is 4.39 Å². The molecule has 25 heavy (non-hydrogen) atoms. The predicted octanol–water partition coefficient (Wildman–Crippen LogP) is 1.85. The molecule has 1 aliphatic heterocycles. The highest BCUT2D eigenvalue weighted by Gasteiger charge is 2.19. The summed E-state index contributed by atoms with van der Waals surface area (Å²) in [6.07, 6.45) is 2.54. The van der Waals surface area contributed by atoms with Gasteiger partial charge in [0.05, 0.1) is 6.10 Å². The number of halogens is 1. The number of nitrogens with two attached hydrogens (primary N) is 1. The van der Waals surface area contributed by atoms with E-state index in [0.29, 0.717) is 23.8 Å². The number of hydroxylamine groups is 2. The molecule has 0 aromatic heterocycles. The number of aliphatic hydroxyl groups is 1. The minimum absolute atomic E-state index is 0.0629. The summed E-state index contributed by atoms with van der Waals surface area (Å²) < 4.78 is 24.5. The van der Waals surface area contributed by atoms with Crippen LogP contribution < -0.4 is 10.5 Å². The summed E-state index contributed by atoms with van der Waals surface area (Å²) in [5.41, 5.74) is 5.11. The second-order valence-corrected chi connectivity index (χ2v) is 5.94. The first-order chi connectivity index (χ1) is 12.0. The summed E-state index contributed by atoms with van der Waals surface area (Å²) in [5.74, 6) is 6.31. The van der Waals surface area contributed by atoms with Crippen molar-refractivity contribution in [1.29, 1.82) is 0 Å². The molecule has 1 fully saturated rings. The van der Waals surface area contributed by atoms with E-state index in [-0.39, 0.29) is 24.6 Å². The summed E-state index contributed by atoms with van der Waals surface area (Å²) in [6, 6.07) is 5.91. The smallest absolute Gasteiger partial charge is 0.182 e. The van der Waals surface area contributed by atoms with Gasteiger partial charge in [0.15, 0.2) is 6.35 Å². The number of hydrogen-bond donors (Lipinski definition) is 3. The Kier molecular flexibility index (Phi) is 8.12. The molecule has 1 unspecified atom stereocenters. The van der Waals surface area contributed by atoms with E-state index >= 15 is 0 Å². The van der Waals surface area contributed by atoms with Crippen LogP contribution in [0, 0.1) is 17.7 Å². The van der Waals surface area contributed by atoms with Gasteiger partial charge in [0, 0.05) is 13.0 Å². The van der Waals surface area contributed by atoms with Gasteiger partial charge in [0.2, 0.25) is 0 Å². The Morgan fingerprint density at radius 1 is 1.32 bits per heavy atom. The Hall–Kier alpha value is -1.69. The van der Waals surface area contributed by atoms with Gasteiger partial charge in [-0.25, -0.2) is 4.39 Å². The lowest BCUT2D eigenvalue weighted by Gasteiger charge is -2.19. The maximum absolute atomic E-state index is 12.9. The molecule has 1 aromatic carbocycles. The van der Waals surface area contributed by atoms with E-state index in [2.05, 4.69) is 11.8 Å². The normalized spacial score (nSPS) is 22.0. The zero-order chi connectivity index (χ0) is 18.1. The lowest BCUT2D eigenvalue weighted by atomic mass is 10.1. The number of nitrogens with zero attached hydrogens (tertiary/aromatic N) is 1. The van der Waals surface area contributed by atoms with Crippen molar-refractivity contribution in [1.82, 2.24) is 5.06 Å². The quantitative estimate of drug-likeness (QED) is 0.411. The molecule has 1 saturated heterocycles. The fourth-order valence-corrected chi connectivity index (χ4v) is 2.51. The van der Waals surface area contributed by atoms with Crippen molar-refractivity contribution < 1.29 is 24.2 Å². The first-order valence-corrected chi connectivity index (χ1v) is 8.46. The van der Waals surface area contributed by atoms with Crippen molar-refractivity contribution in [3.63, 3.8) is 0 Å². The molecule has 0 saturated carbocycles. The zero-order valence-corrected chi connectivity index (χ0v) is 14.1. The third-order valence-electron chi connectivity index (χ3n) is 3.88. The summed E-state index contributed by atoms with van der Waals surface area (Å²) in [4.78, 5) is 0. The van der Waals surface area contributed by atoms with Gasteiger partial charge in [-0.15, -0.1) is 5.06 Å². The highest BCUT2D eigenvalue weighted by Crippen LogP contribution is 2.20. The van der Waals surface area contributed by atoms with Crippen LogP contribution in [0.1, 0.15) is 32.1 Å². The van der Waals surface area contributed by atoms with Gasteiger partial charge in [-0.2, -0.15) is 0 Å². The Balaban J connectivity index is 1.78. The van der Waals surface area contributed by atoms with Crippen LogP contribution in [0.5, 0.6) is 5.75 Å². The van der Waals surface area contributed by atoms with Crippen molar-refractivity contribution in [2.24, 2.45) is 5.73 Å². The van der Waals surface area contributed by atoms with E-state index in [0.717, 1.165) is 25.7 Å². The molecule has 0 bridgehead atoms. The molecule has 1 heterocycles. The SMILES string of the molecule is NC(O)N(O)CCC#C[C@@H]1CCCC[C@@H](COc2ccc(F)cc2)O1. The molecule has 0 aliphatic carbocycles. The molecule has 1 aliphatic rings. The Labute approximate surface area is 147 Å². The van der Waals surface area contributed by atoms with E-state index in [4.69, 9.17) is 20.3 Å². The fourth-order valence-electron chi connectivity index (χ4n) is 2.51. The van der Waals surface area contributed by atoms with Crippen molar-refractivity contribution in [2.45, 2.75) is 50.7 Å². The number of hydrogen-bond acceptors (Lipinski definition) is 6. The highest BCUT2D eigenvalue weighted by atomic mass is 19.1. The summed E-state index contributed by atoms with van der Waals surface area (Å²) in [7, 11) is 0. The average molecular weight is 352 g/mol. The summed E-state index contributed by atoms with van der Waals surface area (Å²) in [5, 5.41) is 18.8. The van der Waals surface area contributed by atoms with Crippen molar-refractivity contribution >= 4 is 0 Å². The van der Waals surface area contributed by atoms with Crippen LogP contribution in [-0.4, -0.2) is 47.1 Å². The number of aliphatic hydroxyl groups excluding tert-OH is 1. The predicted molar refractivity (Wildman–Crippen MR) is 90.1 cm³/mol. The lowest BCUT2D eigenvalue weighted by molar-refractivity contribution is -0.192. The molecule has 2 rings (SSSR count). The molecule has 0 spiro atoms. The Morgan fingerprint density at radius 3 is 2.76 bits per heavy atom. The minimum Gasteiger partial charge on any atom is -0.491 e. The number of benzene rings is 1. The molecule has 1 aromatic rings. The molecular formula is C18H25FN2O4. The van der Waals surface area contributed by atoms with Gasteiger partial charge in [0.25, 0.3) is 0 Å². The third-order valence-corrected chi connectivity index (χ3v) is 3.88. The van der Waals surface area contributed by atoms with Gasteiger partial charge < -0.3 is 19.8 Å². The molecule has 0 radical (unpaired) electrons. The van der Waals surface area contributed by atoms with Gasteiger partial charge in [-0.3, -0.25) is 5.73 Å². The van der Waals surface area contributed by atoms with Crippen molar-refractivity contribution in [3.05, 3.63) is 30.1 Å². The van der Waals surface area contributed by atoms with Gasteiger partial charge >= 0.3 is 0 Å². The van der Waals surface area contributed by atoms with Crippen LogP contribution >= 0.6 is 0 Å². The first-order valence-electron chi connectivity index (χ1n) is 8.46. The molecular weight excluding hydrogens is 327 g/mol. The van der Waals surface area contributed by atoms with Gasteiger partial charge in [-0.1, -0.05) is 18.3 Å². The lowest BCUT2D eigenvalue weighted by Crippen LogP contribution is -2.39. The maximum Gasteiger partial charge on any atom is 0.182 e. The first kappa shape index (κ1) is 19.6. The van der Waals surface area contributed by atoms with Crippen LogP contribution in [0.3, 0.4) is 0 Å². The third kappa shape index (κ3) is 7.38. The van der Waals surface area contributed by atoms with Gasteiger partial charge in [-0.05, 0) is 43.5 Å². The van der Waals surface area contributed by atoms with Crippen LogP contribution in [0.25, 0.3) is 0 Å². The zero-order valence-electron chi connectivity index (χ0n) is 14.1.